The number of hydrogen-bond donors (Lipinski definition) is 2. The monoisotopic (exact) mass is 210 g/mol. The SMILES string of the molecule is Cn1nncc1CN=C(N)NC(C)(C)C. The van der Waals surface area contributed by atoms with Gasteiger partial charge in [0, 0.05) is 12.6 Å². The van der Waals surface area contributed by atoms with Crippen LogP contribution in [0.15, 0.2) is 11.2 Å². The average molecular weight is 210 g/mol. The van der Waals surface area contributed by atoms with Crippen LogP contribution in [0.5, 0.6) is 0 Å². The highest BCUT2D eigenvalue weighted by Crippen LogP contribution is 1.99. The van der Waals surface area contributed by atoms with E-state index in [4.69, 9.17) is 5.73 Å². The molecule has 3 N–H and O–H groups in total. The van der Waals surface area contributed by atoms with Crippen LogP contribution in [0.2, 0.25) is 0 Å². The fourth-order valence-corrected chi connectivity index (χ4v) is 1.04. The molecule has 1 heterocycles. The van der Waals surface area contributed by atoms with E-state index < -0.39 is 0 Å². The zero-order valence-corrected chi connectivity index (χ0v) is 9.65. The summed E-state index contributed by atoms with van der Waals surface area (Å²) in [6.45, 7) is 6.57. The lowest BCUT2D eigenvalue weighted by Crippen LogP contribution is -2.45. The Labute approximate surface area is 89.6 Å². The molecule has 84 valence electrons. The van der Waals surface area contributed by atoms with E-state index in [2.05, 4.69) is 20.6 Å². The Morgan fingerprint density at radius 3 is 2.73 bits per heavy atom. The van der Waals surface area contributed by atoms with E-state index in [1.165, 1.54) is 0 Å². The number of aromatic nitrogens is 3. The summed E-state index contributed by atoms with van der Waals surface area (Å²) in [6, 6.07) is 0. The number of nitrogens with two attached hydrogens (primary N) is 1. The van der Waals surface area contributed by atoms with Crippen molar-refractivity contribution in [1.29, 1.82) is 0 Å². The Kier molecular flexibility index (Phi) is 3.28. The topological polar surface area (TPSA) is 81.1 Å². The molecule has 0 aliphatic rings. The first-order valence-electron chi connectivity index (χ1n) is 4.80. The van der Waals surface area contributed by atoms with Gasteiger partial charge in [0.05, 0.1) is 18.4 Å². The molecule has 1 rings (SSSR count). The summed E-state index contributed by atoms with van der Waals surface area (Å²) in [5.74, 6) is 0.434. The number of aliphatic imine (C=N–C) groups is 1. The van der Waals surface area contributed by atoms with E-state index in [9.17, 15) is 0 Å². The molecule has 0 fully saturated rings. The third-order valence-corrected chi connectivity index (χ3v) is 1.72. The maximum atomic E-state index is 5.72. The zero-order valence-electron chi connectivity index (χ0n) is 9.65. The van der Waals surface area contributed by atoms with Crippen LogP contribution in [-0.4, -0.2) is 26.5 Å². The van der Waals surface area contributed by atoms with E-state index in [-0.39, 0.29) is 5.54 Å². The molecule has 0 aliphatic heterocycles. The van der Waals surface area contributed by atoms with Crippen LogP contribution < -0.4 is 11.1 Å². The molecule has 0 aromatic carbocycles. The maximum absolute atomic E-state index is 5.72. The molecule has 0 saturated heterocycles. The molecule has 0 radical (unpaired) electrons. The van der Waals surface area contributed by atoms with E-state index in [1.54, 1.807) is 10.9 Å². The van der Waals surface area contributed by atoms with Crippen LogP contribution in [0.1, 0.15) is 26.5 Å². The summed E-state index contributed by atoms with van der Waals surface area (Å²) in [4.78, 5) is 4.20. The molecule has 0 spiro atoms. The molecule has 0 saturated carbocycles. The number of aryl methyl sites for hydroxylation is 1. The van der Waals surface area contributed by atoms with E-state index in [1.807, 2.05) is 27.8 Å². The quantitative estimate of drug-likeness (QED) is 0.532. The summed E-state index contributed by atoms with van der Waals surface area (Å²) in [5.41, 5.74) is 6.57. The minimum absolute atomic E-state index is 0.0711. The van der Waals surface area contributed by atoms with Gasteiger partial charge in [0.25, 0.3) is 0 Å². The molecule has 6 heteroatoms. The zero-order chi connectivity index (χ0) is 11.5. The lowest BCUT2D eigenvalue weighted by molar-refractivity contribution is 0.508. The van der Waals surface area contributed by atoms with Gasteiger partial charge in [-0.1, -0.05) is 5.21 Å². The van der Waals surface area contributed by atoms with Crippen molar-refractivity contribution < 1.29 is 0 Å². The Morgan fingerprint density at radius 2 is 2.27 bits per heavy atom. The van der Waals surface area contributed by atoms with Crippen LogP contribution in [0.4, 0.5) is 0 Å². The Balaban J connectivity index is 2.55. The summed E-state index contributed by atoms with van der Waals surface area (Å²) in [5, 5.41) is 10.6. The first-order valence-corrected chi connectivity index (χ1v) is 4.80. The van der Waals surface area contributed by atoms with Gasteiger partial charge in [0.1, 0.15) is 0 Å². The average Bonchev–Trinajstić information content (AvgIpc) is 2.44. The van der Waals surface area contributed by atoms with Gasteiger partial charge in [0.15, 0.2) is 5.96 Å². The van der Waals surface area contributed by atoms with Crippen LogP contribution in [-0.2, 0) is 13.6 Å². The van der Waals surface area contributed by atoms with Gasteiger partial charge < -0.3 is 11.1 Å². The van der Waals surface area contributed by atoms with Crippen molar-refractivity contribution in [1.82, 2.24) is 20.3 Å². The molecular formula is C9H18N6. The van der Waals surface area contributed by atoms with Crippen molar-refractivity contribution in [2.75, 3.05) is 0 Å². The number of hydrogen-bond acceptors (Lipinski definition) is 3. The van der Waals surface area contributed by atoms with Crippen LogP contribution in [0.3, 0.4) is 0 Å². The first-order chi connectivity index (χ1) is 6.88. The predicted molar refractivity (Wildman–Crippen MR) is 59.2 cm³/mol. The van der Waals surface area contributed by atoms with Crippen molar-refractivity contribution in [3.63, 3.8) is 0 Å². The standard InChI is InChI=1S/C9H18N6/c1-9(2,3)13-8(10)11-5-7-6-12-14-15(7)4/h6H,5H2,1-4H3,(H3,10,11,13). The van der Waals surface area contributed by atoms with Crippen LogP contribution in [0.25, 0.3) is 0 Å². The summed E-state index contributed by atoms with van der Waals surface area (Å²) < 4.78 is 1.67. The number of nitrogens with zero attached hydrogens (tertiary/aromatic N) is 4. The molecule has 1 aromatic rings. The third kappa shape index (κ3) is 3.97. The van der Waals surface area contributed by atoms with Crippen molar-refractivity contribution >= 4 is 5.96 Å². The van der Waals surface area contributed by atoms with E-state index >= 15 is 0 Å². The first kappa shape index (κ1) is 11.5. The molecule has 0 aliphatic carbocycles. The van der Waals surface area contributed by atoms with Gasteiger partial charge >= 0.3 is 0 Å². The van der Waals surface area contributed by atoms with Gasteiger partial charge in [-0.2, -0.15) is 0 Å². The summed E-state index contributed by atoms with van der Waals surface area (Å²) in [7, 11) is 1.82. The van der Waals surface area contributed by atoms with Crippen molar-refractivity contribution in [3.05, 3.63) is 11.9 Å². The van der Waals surface area contributed by atoms with Gasteiger partial charge in [-0.05, 0) is 20.8 Å². The molecule has 0 atom stereocenters. The fourth-order valence-electron chi connectivity index (χ4n) is 1.04. The van der Waals surface area contributed by atoms with Crippen LogP contribution >= 0.6 is 0 Å². The second-order valence-corrected chi connectivity index (χ2v) is 4.43. The third-order valence-electron chi connectivity index (χ3n) is 1.72. The highest BCUT2D eigenvalue weighted by atomic mass is 15.4. The number of nitrogens with one attached hydrogen (secondary N) is 1. The van der Waals surface area contributed by atoms with Gasteiger partial charge in [0.2, 0.25) is 0 Å². The van der Waals surface area contributed by atoms with E-state index in [0.717, 1.165) is 5.69 Å². The molecule has 1 aromatic heterocycles. The second-order valence-electron chi connectivity index (χ2n) is 4.43. The lowest BCUT2D eigenvalue weighted by atomic mass is 10.1. The smallest absolute Gasteiger partial charge is 0.189 e. The Morgan fingerprint density at radius 1 is 1.60 bits per heavy atom. The largest absolute Gasteiger partial charge is 0.370 e. The Hall–Kier alpha value is -1.59. The lowest BCUT2D eigenvalue weighted by Gasteiger charge is -2.20. The molecule has 0 unspecified atom stereocenters. The minimum Gasteiger partial charge on any atom is -0.370 e. The molecule has 15 heavy (non-hydrogen) atoms. The van der Waals surface area contributed by atoms with E-state index in [0.29, 0.717) is 12.5 Å². The number of guanidine groups is 1. The van der Waals surface area contributed by atoms with Crippen molar-refractivity contribution in [3.8, 4) is 0 Å². The normalized spacial score (nSPS) is 12.9. The summed E-state index contributed by atoms with van der Waals surface area (Å²) >= 11 is 0. The number of rotatable bonds is 2. The van der Waals surface area contributed by atoms with Gasteiger partial charge in [-0.3, -0.25) is 4.68 Å². The summed E-state index contributed by atoms with van der Waals surface area (Å²) in [6.07, 6.45) is 1.67. The molecular weight excluding hydrogens is 192 g/mol. The van der Waals surface area contributed by atoms with Gasteiger partial charge in [-0.25, -0.2) is 4.99 Å². The van der Waals surface area contributed by atoms with Gasteiger partial charge in [-0.15, -0.1) is 5.10 Å². The fraction of sp³-hybridized carbons (Fsp3) is 0.667. The highest BCUT2D eigenvalue weighted by molar-refractivity contribution is 5.78. The second kappa shape index (κ2) is 4.29. The van der Waals surface area contributed by atoms with Crippen molar-refractivity contribution in [2.45, 2.75) is 32.9 Å². The van der Waals surface area contributed by atoms with Crippen LogP contribution in [0, 0.1) is 0 Å². The predicted octanol–water partition coefficient (Wildman–Crippen LogP) is 0.0179. The highest BCUT2D eigenvalue weighted by Gasteiger charge is 2.09. The maximum Gasteiger partial charge on any atom is 0.189 e. The molecule has 0 amide bonds. The molecule has 6 nitrogen and oxygen atoms in total. The minimum atomic E-state index is -0.0711. The molecule has 0 bridgehead atoms. The Bertz CT molecular complexity index is 346. The van der Waals surface area contributed by atoms with Crippen molar-refractivity contribution in [2.24, 2.45) is 17.8 Å².